The number of furan rings is 1. The van der Waals surface area contributed by atoms with Gasteiger partial charge in [0, 0.05) is 27.8 Å². The Hall–Kier alpha value is -7.72. The summed E-state index contributed by atoms with van der Waals surface area (Å²) >= 11 is 0. The van der Waals surface area contributed by atoms with Gasteiger partial charge in [0.25, 0.3) is 0 Å². The fourth-order valence-electron chi connectivity index (χ4n) is 9.25. The Bertz CT molecular complexity index is 3170. The number of rotatable bonds is 9. The van der Waals surface area contributed by atoms with Gasteiger partial charge in [-0.05, 0) is 114 Å². The summed E-state index contributed by atoms with van der Waals surface area (Å²) in [4.78, 5) is 2.37. The van der Waals surface area contributed by atoms with Crippen molar-refractivity contribution in [3.05, 3.63) is 249 Å². The zero-order chi connectivity index (χ0) is 40.6. The minimum atomic E-state index is -2.68. The SMILES string of the molecule is c1ccc([Si](c2ccccc2)(c2ccccc2)c2ccc(N(c3ccc(-c4ccc5ccccc5c4)cc3)c3ccc(-c4ccc5c(c4)oc4ccccc45)cc3)cc2)cc1. The summed E-state index contributed by atoms with van der Waals surface area (Å²) in [6.45, 7) is 0. The zero-order valence-electron chi connectivity index (χ0n) is 33.5. The van der Waals surface area contributed by atoms with Gasteiger partial charge in [0.1, 0.15) is 11.2 Å². The molecule has 0 unspecified atom stereocenters. The highest BCUT2D eigenvalue weighted by molar-refractivity contribution is 7.19. The predicted molar refractivity (Wildman–Crippen MR) is 260 cm³/mol. The van der Waals surface area contributed by atoms with Gasteiger partial charge in [-0.3, -0.25) is 0 Å². The van der Waals surface area contributed by atoms with E-state index in [4.69, 9.17) is 4.42 Å². The molecule has 10 aromatic carbocycles. The molecule has 0 aliphatic carbocycles. The summed E-state index contributed by atoms with van der Waals surface area (Å²) < 4.78 is 6.27. The van der Waals surface area contributed by atoms with Crippen LogP contribution in [0.15, 0.2) is 253 Å². The van der Waals surface area contributed by atoms with Gasteiger partial charge in [-0.2, -0.15) is 0 Å². The molecule has 0 saturated heterocycles. The van der Waals surface area contributed by atoms with Crippen molar-refractivity contribution < 1.29 is 4.42 Å². The third-order valence-corrected chi connectivity index (χ3v) is 17.0. The van der Waals surface area contributed by atoms with Gasteiger partial charge in [-0.15, -0.1) is 0 Å². The van der Waals surface area contributed by atoms with Gasteiger partial charge in [-0.1, -0.05) is 188 Å². The number of anilines is 3. The summed E-state index contributed by atoms with van der Waals surface area (Å²) in [5.41, 5.74) is 9.72. The number of benzene rings is 10. The average Bonchev–Trinajstić information content (AvgIpc) is 3.72. The Morgan fingerprint density at radius 3 is 1.26 bits per heavy atom. The Labute approximate surface area is 357 Å². The van der Waals surface area contributed by atoms with E-state index in [1.807, 2.05) is 12.1 Å². The number of hydrogen-bond donors (Lipinski definition) is 0. The normalized spacial score (nSPS) is 11.6. The topological polar surface area (TPSA) is 16.4 Å². The molecule has 0 amide bonds. The molecule has 3 heteroatoms. The van der Waals surface area contributed by atoms with Crippen LogP contribution in [0.5, 0.6) is 0 Å². The van der Waals surface area contributed by atoms with Crippen LogP contribution in [-0.2, 0) is 0 Å². The fraction of sp³-hybridized carbons (Fsp3) is 0. The van der Waals surface area contributed by atoms with E-state index in [1.165, 1.54) is 42.6 Å². The molecule has 61 heavy (non-hydrogen) atoms. The van der Waals surface area contributed by atoms with Crippen LogP contribution in [0.1, 0.15) is 0 Å². The van der Waals surface area contributed by atoms with Crippen molar-refractivity contribution in [1.29, 1.82) is 0 Å². The summed E-state index contributed by atoms with van der Waals surface area (Å²) in [7, 11) is -2.68. The fourth-order valence-corrected chi connectivity index (χ4v) is 14.0. The van der Waals surface area contributed by atoms with Crippen molar-refractivity contribution in [2.24, 2.45) is 0 Å². The third kappa shape index (κ3) is 6.53. The molecule has 288 valence electrons. The van der Waals surface area contributed by atoms with Gasteiger partial charge in [0.2, 0.25) is 0 Å². The van der Waals surface area contributed by atoms with Crippen molar-refractivity contribution in [2.45, 2.75) is 0 Å². The van der Waals surface area contributed by atoms with E-state index in [2.05, 4.69) is 241 Å². The average molecular weight is 796 g/mol. The second-order valence-electron chi connectivity index (χ2n) is 15.7. The van der Waals surface area contributed by atoms with Crippen LogP contribution in [0.2, 0.25) is 0 Å². The van der Waals surface area contributed by atoms with Crippen molar-refractivity contribution in [1.82, 2.24) is 0 Å². The molecule has 1 heterocycles. The van der Waals surface area contributed by atoms with Crippen molar-refractivity contribution in [2.75, 3.05) is 4.90 Å². The molecule has 0 spiro atoms. The molecule has 0 bridgehead atoms. The highest BCUT2D eigenvalue weighted by atomic mass is 28.3. The lowest BCUT2D eigenvalue weighted by atomic mass is 10.0. The molecule has 0 aliphatic heterocycles. The van der Waals surface area contributed by atoms with Crippen LogP contribution in [0.4, 0.5) is 17.1 Å². The van der Waals surface area contributed by atoms with Crippen LogP contribution in [0, 0.1) is 0 Å². The van der Waals surface area contributed by atoms with Crippen molar-refractivity contribution >= 4 is 78.6 Å². The lowest BCUT2D eigenvalue weighted by molar-refractivity contribution is 0.669. The van der Waals surface area contributed by atoms with Crippen LogP contribution >= 0.6 is 0 Å². The van der Waals surface area contributed by atoms with E-state index in [0.29, 0.717) is 0 Å². The second kappa shape index (κ2) is 15.5. The quantitative estimate of drug-likeness (QED) is 0.107. The lowest BCUT2D eigenvalue weighted by Crippen LogP contribution is -2.74. The molecule has 0 radical (unpaired) electrons. The standard InChI is InChI=1S/C58H41NOSi/c1-4-16-51(17-5-1)61(52-18-6-2-7-19-52,53-20-8-3-9-21-53)54-37-35-50(36-38-54)59(48-31-26-43(27-32-48)46-25-24-42-14-10-11-15-45(42)40-46)49-33-28-44(29-34-49)47-30-39-56-55-22-12-13-23-57(55)60-58(56)41-47/h1-41H. The molecular weight excluding hydrogens is 755 g/mol. The van der Waals surface area contributed by atoms with Gasteiger partial charge < -0.3 is 9.32 Å². The van der Waals surface area contributed by atoms with E-state index < -0.39 is 8.07 Å². The van der Waals surface area contributed by atoms with Crippen LogP contribution in [-0.4, -0.2) is 8.07 Å². The first-order chi connectivity index (χ1) is 30.2. The minimum Gasteiger partial charge on any atom is -0.456 e. The smallest absolute Gasteiger partial charge is 0.179 e. The monoisotopic (exact) mass is 795 g/mol. The van der Waals surface area contributed by atoms with Gasteiger partial charge in [-0.25, -0.2) is 0 Å². The largest absolute Gasteiger partial charge is 0.456 e. The number of hydrogen-bond acceptors (Lipinski definition) is 2. The van der Waals surface area contributed by atoms with Crippen molar-refractivity contribution in [3.8, 4) is 22.3 Å². The maximum atomic E-state index is 6.27. The molecule has 0 atom stereocenters. The van der Waals surface area contributed by atoms with Crippen LogP contribution < -0.4 is 25.6 Å². The Morgan fingerprint density at radius 2 is 0.689 bits per heavy atom. The first kappa shape index (κ1) is 36.4. The van der Waals surface area contributed by atoms with Crippen molar-refractivity contribution in [3.63, 3.8) is 0 Å². The lowest BCUT2D eigenvalue weighted by Gasteiger charge is -2.35. The summed E-state index contributed by atoms with van der Waals surface area (Å²) in [6.07, 6.45) is 0. The van der Waals surface area contributed by atoms with E-state index >= 15 is 0 Å². The Kier molecular flexibility index (Phi) is 9.22. The molecule has 0 aliphatic rings. The van der Waals surface area contributed by atoms with E-state index in [-0.39, 0.29) is 0 Å². The summed E-state index contributed by atoms with van der Waals surface area (Å²) in [5, 5.41) is 10.2. The summed E-state index contributed by atoms with van der Waals surface area (Å²) in [6, 6.07) is 90.7. The molecule has 2 nitrogen and oxygen atoms in total. The Balaban J connectivity index is 1.02. The van der Waals surface area contributed by atoms with Crippen LogP contribution in [0.3, 0.4) is 0 Å². The molecule has 0 fully saturated rings. The van der Waals surface area contributed by atoms with E-state index in [1.54, 1.807) is 0 Å². The van der Waals surface area contributed by atoms with E-state index in [9.17, 15) is 0 Å². The molecule has 0 N–H and O–H groups in total. The highest BCUT2D eigenvalue weighted by Crippen LogP contribution is 2.38. The Morgan fingerprint density at radius 1 is 0.279 bits per heavy atom. The van der Waals surface area contributed by atoms with Gasteiger partial charge >= 0.3 is 0 Å². The first-order valence-corrected chi connectivity index (χ1v) is 22.9. The first-order valence-electron chi connectivity index (χ1n) is 20.9. The van der Waals surface area contributed by atoms with Gasteiger partial charge in [0.15, 0.2) is 8.07 Å². The third-order valence-electron chi connectivity index (χ3n) is 12.2. The molecule has 0 saturated carbocycles. The molecule has 1 aromatic heterocycles. The minimum absolute atomic E-state index is 0.900. The summed E-state index contributed by atoms with van der Waals surface area (Å²) in [5.74, 6) is 0. The molecular formula is C58H41NOSi. The highest BCUT2D eigenvalue weighted by Gasteiger charge is 2.41. The van der Waals surface area contributed by atoms with Crippen LogP contribution in [0.25, 0.3) is 55.0 Å². The number of para-hydroxylation sites is 1. The predicted octanol–water partition coefficient (Wildman–Crippen LogP) is 12.9. The maximum absolute atomic E-state index is 6.27. The maximum Gasteiger partial charge on any atom is 0.179 e. The van der Waals surface area contributed by atoms with E-state index in [0.717, 1.165) is 50.1 Å². The molecule has 11 rings (SSSR count). The zero-order valence-corrected chi connectivity index (χ0v) is 34.5. The van der Waals surface area contributed by atoms with Gasteiger partial charge in [0.05, 0.1) is 0 Å². The number of nitrogens with zero attached hydrogens (tertiary/aromatic N) is 1. The molecule has 11 aromatic rings. The second-order valence-corrected chi connectivity index (χ2v) is 19.5. The number of fused-ring (bicyclic) bond motifs is 4.